The van der Waals surface area contributed by atoms with E-state index in [0.717, 1.165) is 16.1 Å². The van der Waals surface area contributed by atoms with Gasteiger partial charge in [-0.25, -0.2) is 0 Å². The van der Waals surface area contributed by atoms with Crippen LogP contribution < -0.4 is 5.32 Å². The Balaban J connectivity index is 2.10. The summed E-state index contributed by atoms with van der Waals surface area (Å²) in [5.74, 6) is 0.621. The SMILES string of the molecule is CC(C)Nc1scc2c1CN(CCS(C)=O)C2=O. The zero-order valence-electron chi connectivity index (χ0n) is 10.9. The second-order valence-electron chi connectivity index (χ2n) is 4.76. The number of hydrogen-bond acceptors (Lipinski definition) is 4. The monoisotopic (exact) mass is 286 g/mol. The van der Waals surface area contributed by atoms with E-state index < -0.39 is 10.8 Å². The molecule has 1 aliphatic rings. The maximum Gasteiger partial charge on any atom is 0.255 e. The van der Waals surface area contributed by atoms with Crippen LogP contribution in [0.5, 0.6) is 0 Å². The van der Waals surface area contributed by atoms with Crippen molar-refractivity contribution in [3.8, 4) is 0 Å². The van der Waals surface area contributed by atoms with E-state index >= 15 is 0 Å². The Morgan fingerprint density at radius 3 is 2.89 bits per heavy atom. The van der Waals surface area contributed by atoms with Crippen molar-refractivity contribution in [3.05, 3.63) is 16.5 Å². The van der Waals surface area contributed by atoms with Crippen molar-refractivity contribution in [3.63, 3.8) is 0 Å². The number of nitrogens with one attached hydrogen (secondary N) is 1. The number of nitrogens with zero attached hydrogens (tertiary/aromatic N) is 1. The van der Waals surface area contributed by atoms with E-state index in [-0.39, 0.29) is 5.91 Å². The first-order valence-corrected chi connectivity index (χ1v) is 8.56. The van der Waals surface area contributed by atoms with Gasteiger partial charge >= 0.3 is 0 Å². The third-order valence-corrected chi connectivity index (χ3v) is 4.54. The fourth-order valence-corrected chi connectivity index (χ4v) is 3.53. The molecular weight excluding hydrogens is 268 g/mol. The molecule has 2 heterocycles. The molecule has 100 valence electrons. The maximum absolute atomic E-state index is 12.1. The second-order valence-corrected chi connectivity index (χ2v) is 7.19. The largest absolute Gasteiger partial charge is 0.374 e. The lowest BCUT2D eigenvalue weighted by Gasteiger charge is -2.15. The lowest BCUT2D eigenvalue weighted by Crippen LogP contribution is -2.28. The molecule has 0 radical (unpaired) electrons. The van der Waals surface area contributed by atoms with Gasteiger partial charge in [-0.15, -0.1) is 11.3 Å². The summed E-state index contributed by atoms with van der Waals surface area (Å²) in [6.07, 6.45) is 1.67. The molecule has 0 aliphatic carbocycles. The number of rotatable bonds is 5. The van der Waals surface area contributed by atoms with Crippen molar-refractivity contribution in [2.24, 2.45) is 0 Å². The third kappa shape index (κ3) is 2.75. The second kappa shape index (κ2) is 5.40. The number of amides is 1. The molecule has 0 fully saturated rings. The lowest BCUT2D eigenvalue weighted by atomic mass is 10.2. The standard InChI is InChI=1S/C12H18N2O2S2/c1-8(2)13-11-9-6-14(4-5-18(3)16)12(15)10(9)7-17-11/h7-8,13H,4-6H2,1-3H3. The molecule has 4 nitrogen and oxygen atoms in total. The molecule has 0 saturated heterocycles. The van der Waals surface area contributed by atoms with Crippen molar-refractivity contribution in [2.75, 3.05) is 23.9 Å². The number of thiophene rings is 1. The summed E-state index contributed by atoms with van der Waals surface area (Å²) in [4.78, 5) is 13.9. The third-order valence-electron chi connectivity index (χ3n) is 2.83. The van der Waals surface area contributed by atoms with Crippen LogP contribution in [0.1, 0.15) is 29.8 Å². The number of hydrogen-bond donors (Lipinski definition) is 1. The summed E-state index contributed by atoms with van der Waals surface area (Å²) < 4.78 is 11.1. The minimum absolute atomic E-state index is 0.0727. The first-order valence-electron chi connectivity index (χ1n) is 5.95. The van der Waals surface area contributed by atoms with Crippen LogP contribution in [0.25, 0.3) is 0 Å². The van der Waals surface area contributed by atoms with Crippen LogP contribution in [-0.2, 0) is 17.3 Å². The van der Waals surface area contributed by atoms with Crippen LogP contribution in [0.2, 0.25) is 0 Å². The molecule has 18 heavy (non-hydrogen) atoms. The molecule has 1 aliphatic heterocycles. The van der Waals surface area contributed by atoms with Crippen LogP contribution in [0, 0.1) is 0 Å². The van der Waals surface area contributed by atoms with Crippen LogP contribution in [-0.4, -0.2) is 39.6 Å². The molecule has 6 heteroatoms. The highest BCUT2D eigenvalue weighted by Gasteiger charge is 2.30. The zero-order valence-corrected chi connectivity index (χ0v) is 12.5. The average molecular weight is 286 g/mol. The van der Waals surface area contributed by atoms with Crippen LogP contribution in [0.4, 0.5) is 5.00 Å². The van der Waals surface area contributed by atoms with Gasteiger partial charge in [0.15, 0.2) is 0 Å². The van der Waals surface area contributed by atoms with Crippen molar-refractivity contribution >= 4 is 33.0 Å². The molecule has 1 aromatic heterocycles. The van der Waals surface area contributed by atoms with E-state index in [2.05, 4.69) is 19.2 Å². The molecule has 1 amide bonds. The van der Waals surface area contributed by atoms with Gasteiger partial charge in [-0.1, -0.05) is 0 Å². The summed E-state index contributed by atoms with van der Waals surface area (Å²) in [5, 5.41) is 6.38. The van der Waals surface area contributed by atoms with E-state index in [0.29, 0.717) is 24.9 Å². The minimum Gasteiger partial charge on any atom is -0.374 e. The van der Waals surface area contributed by atoms with E-state index in [9.17, 15) is 9.00 Å². The number of carbonyl (C=O) groups excluding carboxylic acids is 1. The minimum atomic E-state index is -0.851. The summed E-state index contributed by atoms with van der Waals surface area (Å²) in [5.41, 5.74) is 1.91. The van der Waals surface area contributed by atoms with Gasteiger partial charge in [0.2, 0.25) is 0 Å². The number of carbonyl (C=O) groups is 1. The van der Waals surface area contributed by atoms with Gasteiger partial charge in [0.1, 0.15) is 0 Å². The van der Waals surface area contributed by atoms with Gasteiger partial charge in [0, 0.05) is 52.9 Å². The summed E-state index contributed by atoms with van der Waals surface area (Å²) >= 11 is 1.59. The molecule has 1 N–H and O–H groups in total. The van der Waals surface area contributed by atoms with Crippen LogP contribution in [0.15, 0.2) is 5.38 Å². The molecule has 0 bridgehead atoms. The molecule has 0 aromatic carbocycles. The van der Waals surface area contributed by atoms with Crippen LogP contribution >= 0.6 is 11.3 Å². The maximum atomic E-state index is 12.1. The van der Waals surface area contributed by atoms with Gasteiger partial charge in [0.25, 0.3) is 5.91 Å². The predicted molar refractivity (Wildman–Crippen MR) is 76.8 cm³/mol. The zero-order chi connectivity index (χ0) is 13.3. The molecule has 1 atom stereocenters. The molecular formula is C12H18N2O2S2. The molecule has 2 rings (SSSR count). The Kier molecular flexibility index (Phi) is 4.07. The fourth-order valence-electron chi connectivity index (χ4n) is 1.95. The van der Waals surface area contributed by atoms with Gasteiger partial charge in [0.05, 0.1) is 10.6 Å². The van der Waals surface area contributed by atoms with Crippen LogP contribution in [0.3, 0.4) is 0 Å². The van der Waals surface area contributed by atoms with Crippen molar-refractivity contribution in [1.82, 2.24) is 4.90 Å². The van der Waals surface area contributed by atoms with Crippen molar-refractivity contribution in [1.29, 1.82) is 0 Å². The van der Waals surface area contributed by atoms with Crippen molar-refractivity contribution < 1.29 is 9.00 Å². The molecule has 0 saturated carbocycles. The van der Waals surface area contributed by atoms with Gasteiger partial charge in [-0.05, 0) is 13.8 Å². The smallest absolute Gasteiger partial charge is 0.255 e. The normalized spacial score (nSPS) is 16.2. The Labute approximate surface area is 114 Å². The first kappa shape index (κ1) is 13.5. The van der Waals surface area contributed by atoms with E-state index in [4.69, 9.17) is 0 Å². The first-order chi connectivity index (χ1) is 8.49. The van der Waals surface area contributed by atoms with E-state index in [1.165, 1.54) is 0 Å². The highest BCUT2D eigenvalue weighted by Crippen LogP contribution is 2.35. The van der Waals surface area contributed by atoms with Gasteiger partial charge in [-0.2, -0.15) is 0 Å². The summed E-state index contributed by atoms with van der Waals surface area (Å²) in [6.45, 7) is 5.38. The molecule has 1 aromatic rings. The summed E-state index contributed by atoms with van der Waals surface area (Å²) in [7, 11) is -0.851. The average Bonchev–Trinajstić information content (AvgIpc) is 2.78. The van der Waals surface area contributed by atoms with Gasteiger partial charge in [-0.3, -0.25) is 9.00 Å². The Bertz CT molecular complexity index is 482. The van der Waals surface area contributed by atoms with Gasteiger partial charge < -0.3 is 10.2 Å². The number of fused-ring (bicyclic) bond motifs is 1. The molecule has 0 spiro atoms. The predicted octanol–water partition coefficient (Wildman–Crippen LogP) is 1.90. The quantitative estimate of drug-likeness (QED) is 0.899. The fraction of sp³-hybridized carbons (Fsp3) is 0.583. The van der Waals surface area contributed by atoms with E-state index in [1.54, 1.807) is 22.5 Å². The van der Waals surface area contributed by atoms with Crippen molar-refractivity contribution in [2.45, 2.75) is 26.4 Å². The lowest BCUT2D eigenvalue weighted by molar-refractivity contribution is 0.0788. The number of anilines is 1. The Morgan fingerprint density at radius 2 is 2.28 bits per heavy atom. The highest BCUT2D eigenvalue weighted by atomic mass is 32.2. The molecule has 1 unspecified atom stereocenters. The van der Waals surface area contributed by atoms with E-state index in [1.807, 2.05) is 5.38 Å². The highest BCUT2D eigenvalue weighted by molar-refractivity contribution is 7.84. The Morgan fingerprint density at radius 1 is 1.56 bits per heavy atom. The topological polar surface area (TPSA) is 49.4 Å². The Hall–Kier alpha value is -0.880. The summed E-state index contributed by atoms with van der Waals surface area (Å²) in [6, 6.07) is 0.361.